The molecule has 0 saturated carbocycles. The van der Waals surface area contributed by atoms with Crippen LogP contribution in [-0.4, -0.2) is 36.3 Å². The number of nitrogens with one attached hydrogen (secondary N) is 1. The van der Waals surface area contributed by atoms with Gasteiger partial charge in [-0.15, -0.1) is 5.10 Å². The predicted molar refractivity (Wildman–Crippen MR) is 118 cm³/mol. The Morgan fingerprint density at radius 1 is 1.21 bits per heavy atom. The molecule has 0 unspecified atom stereocenters. The fourth-order valence-electron chi connectivity index (χ4n) is 2.79. The van der Waals surface area contributed by atoms with Crippen molar-refractivity contribution in [3.05, 3.63) is 59.7 Å². The normalized spacial score (nSPS) is 17.7. The number of para-hydroxylation sites is 1. The number of carbonyl (C=O) groups excluding carboxylic acids is 1. The molecule has 0 aliphatic carbocycles. The largest absolute Gasteiger partial charge is 0.497 e. The zero-order valence-electron chi connectivity index (χ0n) is 16.6. The lowest BCUT2D eigenvalue weighted by atomic mass is 10.1. The number of hydrogen-bond donors (Lipinski definition) is 1. The molecule has 152 valence electrons. The average Bonchev–Trinajstić information content (AvgIpc) is 3.08. The molecule has 1 atom stereocenters. The molecule has 1 heterocycles. The third-order valence-electron chi connectivity index (χ3n) is 4.35. The topological polar surface area (TPSA) is 72.3 Å². The number of nitrogens with zero attached hydrogens (tertiary/aromatic N) is 2. The van der Waals surface area contributed by atoms with Crippen LogP contribution in [0, 0.1) is 0 Å². The standard InChI is InChI=1S/C22H25N3O3S/c1-3-4-12-28-19-11-6-5-9-17(19)15-23-25-22-24-21(26)20(29-22)14-16-8-7-10-18(13-16)27-2/h5-11,13,15,20H,3-4,12,14H2,1-2H3,(H,24,25,26)/b23-15-/t20-/m1/s1. The van der Waals surface area contributed by atoms with Gasteiger partial charge in [0.2, 0.25) is 5.91 Å². The van der Waals surface area contributed by atoms with Crippen LogP contribution in [0.4, 0.5) is 0 Å². The monoisotopic (exact) mass is 411 g/mol. The number of amides is 1. The number of unbranched alkanes of at least 4 members (excludes halogenated alkanes) is 1. The Balaban J connectivity index is 1.61. The first-order valence-corrected chi connectivity index (χ1v) is 10.5. The van der Waals surface area contributed by atoms with Crippen LogP contribution in [-0.2, 0) is 11.2 Å². The number of thioether (sulfide) groups is 1. The second kappa shape index (κ2) is 10.7. The van der Waals surface area contributed by atoms with Gasteiger partial charge in [0, 0.05) is 5.56 Å². The Morgan fingerprint density at radius 2 is 2.07 bits per heavy atom. The molecule has 1 N–H and O–H groups in total. The maximum Gasteiger partial charge on any atom is 0.239 e. The van der Waals surface area contributed by atoms with Crippen LogP contribution in [0.1, 0.15) is 30.9 Å². The van der Waals surface area contributed by atoms with Crippen molar-refractivity contribution in [1.29, 1.82) is 0 Å². The van der Waals surface area contributed by atoms with Gasteiger partial charge in [0.1, 0.15) is 11.5 Å². The Bertz CT molecular complexity index is 898. The highest BCUT2D eigenvalue weighted by Gasteiger charge is 2.30. The van der Waals surface area contributed by atoms with E-state index in [1.54, 1.807) is 13.3 Å². The van der Waals surface area contributed by atoms with E-state index in [4.69, 9.17) is 9.47 Å². The van der Waals surface area contributed by atoms with E-state index >= 15 is 0 Å². The van der Waals surface area contributed by atoms with Gasteiger partial charge in [-0.3, -0.25) is 4.79 Å². The molecule has 1 saturated heterocycles. The summed E-state index contributed by atoms with van der Waals surface area (Å²) in [7, 11) is 1.63. The number of hydrogen-bond acceptors (Lipinski definition) is 6. The molecule has 0 spiro atoms. The minimum atomic E-state index is -0.235. The molecule has 6 nitrogen and oxygen atoms in total. The molecule has 0 aromatic heterocycles. The molecule has 1 fully saturated rings. The SMILES string of the molecule is CCCCOc1ccccc1/C=N\N=C1/NC(=O)[C@@H](Cc2cccc(OC)c2)S1. The van der Waals surface area contributed by atoms with Crippen LogP contribution >= 0.6 is 11.8 Å². The quantitative estimate of drug-likeness (QED) is 0.384. The van der Waals surface area contributed by atoms with Crippen LogP contribution < -0.4 is 14.8 Å². The van der Waals surface area contributed by atoms with Crippen LogP contribution in [0.3, 0.4) is 0 Å². The number of rotatable bonds is 9. The number of methoxy groups -OCH3 is 1. The van der Waals surface area contributed by atoms with E-state index in [0.29, 0.717) is 18.2 Å². The molecule has 0 radical (unpaired) electrons. The third kappa shape index (κ3) is 6.09. The van der Waals surface area contributed by atoms with Crippen LogP contribution in [0.15, 0.2) is 58.7 Å². The Morgan fingerprint density at radius 3 is 2.90 bits per heavy atom. The summed E-state index contributed by atoms with van der Waals surface area (Å²) >= 11 is 1.39. The average molecular weight is 412 g/mol. The van der Waals surface area contributed by atoms with Gasteiger partial charge in [-0.25, -0.2) is 0 Å². The summed E-state index contributed by atoms with van der Waals surface area (Å²) in [5.41, 5.74) is 1.90. The molecule has 2 aromatic carbocycles. The first-order chi connectivity index (χ1) is 14.2. The van der Waals surface area contributed by atoms with Gasteiger partial charge in [0.25, 0.3) is 0 Å². The fraction of sp³-hybridized carbons (Fsp3) is 0.318. The van der Waals surface area contributed by atoms with E-state index in [0.717, 1.165) is 35.5 Å². The van der Waals surface area contributed by atoms with Gasteiger partial charge < -0.3 is 14.8 Å². The summed E-state index contributed by atoms with van der Waals surface area (Å²) in [5, 5.41) is 11.4. The number of benzene rings is 2. The molecule has 2 aromatic rings. The smallest absolute Gasteiger partial charge is 0.239 e. The van der Waals surface area contributed by atoms with Crippen molar-refractivity contribution >= 4 is 29.1 Å². The summed E-state index contributed by atoms with van der Waals surface area (Å²) in [5.74, 6) is 1.50. The summed E-state index contributed by atoms with van der Waals surface area (Å²) in [6.07, 6.45) is 4.34. The van der Waals surface area contributed by atoms with E-state index in [1.807, 2.05) is 48.5 Å². The highest BCUT2D eigenvalue weighted by molar-refractivity contribution is 8.15. The fourth-order valence-corrected chi connectivity index (χ4v) is 3.75. The molecular weight excluding hydrogens is 386 g/mol. The highest BCUT2D eigenvalue weighted by atomic mass is 32.2. The van der Waals surface area contributed by atoms with E-state index in [-0.39, 0.29) is 11.2 Å². The highest BCUT2D eigenvalue weighted by Crippen LogP contribution is 2.25. The van der Waals surface area contributed by atoms with Crippen molar-refractivity contribution in [2.24, 2.45) is 10.2 Å². The second-order valence-corrected chi connectivity index (χ2v) is 7.73. The first-order valence-electron chi connectivity index (χ1n) is 9.63. The number of carbonyl (C=O) groups is 1. The van der Waals surface area contributed by atoms with E-state index < -0.39 is 0 Å². The predicted octanol–water partition coefficient (Wildman–Crippen LogP) is 4.04. The van der Waals surface area contributed by atoms with Crippen molar-refractivity contribution in [2.75, 3.05) is 13.7 Å². The van der Waals surface area contributed by atoms with Gasteiger partial charge >= 0.3 is 0 Å². The van der Waals surface area contributed by atoms with Gasteiger partial charge in [0.05, 0.1) is 25.2 Å². The van der Waals surface area contributed by atoms with Crippen molar-refractivity contribution in [2.45, 2.75) is 31.4 Å². The Hall–Kier alpha value is -2.80. The zero-order valence-corrected chi connectivity index (χ0v) is 17.4. The van der Waals surface area contributed by atoms with Gasteiger partial charge in [-0.2, -0.15) is 5.10 Å². The lowest BCUT2D eigenvalue weighted by molar-refractivity contribution is -0.118. The van der Waals surface area contributed by atoms with Crippen molar-refractivity contribution in [3.63, 3.8) is 0 Å². The minimum Gasteiger partial charge on any atom is -0.497 e. The van der Waals surface area contributed by atoms with Crippen molar-refractivity contribution in [3.8, 4) is 11.5 Å². The van der Waals surface area contributed by atoms with Crippen LogP contribution in [0.25, 0.3) is 0 Å². The van der Waals surface area contributed by atoms with Gasteiger partial charge in [0.15, 0.2) is 5.17 Å². The molecule has 3 rings (SSSR count). The molecule has 29 heavy (non-hydrogen) atoms. The van der Waals surface area contributed by atoms with Gasteiger partial charge in [-0.05, 0) is 42.7 Å². The summed E-state index contributed by atoms with van der Waals surface area (Å²) < 4.78 is 11.0. The minimum absolute atomic E-state index is 0.0601. The van der Waals surface area contributed by atoms with Crippen LogP contribution in [0.2, 0.25) is 0 Å². The molecule has 0 bridgehead atoms. The molecular formula is C22H25N3O3S. The Kier molecular flexibility index (Phi) is 7.69. The lowest BCUT2D eigenvalue weighted by Crippen LogP contribution is -2.25. The summed E-state index contributed by atoms with van der Waals surface area (Å²) in [6, 6.07) is 15.4. The third-order valence-corrected chi connectivity index (χ3v) is 5.42. The molecule has 1 aliphatic rings. The number of amidine groups is 1. The van der Waals surface area contributed by atoms with Crippen LogP contribution in [0.5, 0.6) is 11.5 Å². The summed E-state index contributed by atoms with van der Waals surface area (Å²) in [6.45, 7) is 2.80. The summed E-state index contributed by atoms with van der Waals surface area (Å²) in [4.78, 5) is 12.3. The van der Waals surface area contributed by atoms with E-state index in [9.17, 15) is 4.79 Å². The molecule has 1 amide bonds. The maximum atomic E-state index is 12.3. The van der Waals surface area contributed by atoms with Crippen molar-refractivity contribution in [1.82, 2.24) is 5.32 Å². The van der Waals surface area contributed by atoms with Gasteiger partial charge in [-0.1, -0.05) is 49.4 Å². The van der Waals surface area contributed by atoms with Crippen molar-refractivity contribution < 1.29 is 14.3 Å². The Labute approximate surface area is 175 Å². The lowest BCUT2D eigenvalue weighted by Gasteiger charge is -2.07. The molecule has 7 heteroatoms. The first kappa shape index (κ1) is 20.9. The van der Waals surface area contributed by atoms with E-state index in [1.165, 1.54) is 11.8 Å². The second-order valence-electron chi connectivity index (χ2n) is 6.54. The number of ether oxygens (including phenoxy) is 2. The zero-order chi connectivity index (χ0) is 20.5. The molecule has 1 aliphatic heterocycles. The van der Waals surface area contributed by atoms with E-state index in [2.05, 4.69) is 22.4 Å². The maximum absolute atomic E-state index is 12.3.